The summed E-state index contributed by atoms with van der Waals surface area (Å²) in [7, 11) is 0. The van der Waals surface area contributed by atoms with Crippen molar-refractivity contribution >= 4 is 78.0 Å². The molecule has 0 fully saturated rings. The summed E-state index contributed by atoms with van der Waals surface area (Å²) in [4.78, 5) is 5.42. The number of hydrogen-bond acceptors (Lipinski definition) is 3. The predicted molar refractivity (Wildman–Crippen MR) is 297 cm³/mol. The van der Waals surface area contributed by atoms with Gasteiger partial charge < -0.3 is 9.80 Å². The molecule has 0 saturated carbocycles. The van der Waals surface area contributed by atoms with E-state index in [0.29, 0.717) is 11.8 Å². The van der Waals surface area contributed by atoms with Crippen molar-refractivity contribution in [2.75, 3.05) is 9.80 Å². The van der Waals surface area contributed by atoms with Crippen LogP contribution in [0.25, 0.3) is 21.2 Å². The SMILES string of the molecule is CC1CCC(C)c2cc3c4c(sc3cc21)N(c1ccc2c(c1)C(C)(C)CCC2(C)C)c1cc(-c2ccccc2)cc2c1B4c1cc3c(cc1N2c1ccc(C(C)(C)C)cc1)C(C)(C)CCC3(C)C. The summed E-state index contributed by atoms with van der Waals surface area (Å²) < 4.78 is 1.43. The lowest BCUT2D eigenvalue weighted by Gasteiger charge is -2.47. The van der Waals surface area contributed by atoms with Gasteiger partial charge in [0.2, 0.25) is 0 Å². The van der Waals surface area contributed by atoms with Crippen molar-refractivity contribution in [1.29, 1.82) is 0 Å². The maximum absolute atomic E-state index is 2.74. The highest BCUT2D eigenvalue weighted by atomic mass is 32.1. The lowest BCUT2D eigenvalue weighted by Crippen LogP contribution is -2.61. The van der Waals surface area contributed by atoms with E-state index in [2.05, 4.69) is 209 Å². The van der Waals surface area contributed by atoms with Crippen LogP contribution in [-0.2, 0) is 27.1 Å². The van der Waals surface area contributed by atoms with Crippen LogP contribution in [-0.4, -0.2) is 6.71 Å². The fraction of sp³-hybridized carbons (Fsp3) is 0.406. The molecule has 4 heteroatoms. The Morgan fingerprint density at radius 3 is 1.68 bits per heavy atom. The summed E-state index contributed by atoms with van der Waals surface area (Å²) in [5.41, 5.74) is 24.2. The quantitative estimate of drug-likeness (QED) is 0.163. The monoisotopic (exact) mass is 911 g/mol. The molecule has 0 bridgehead atoms. The van der Waals surface area contributed by atoms with Crippen LogP contribution in [0.3, 0.4) is 0 Å². The van der Waals surface area contributed by atoms with Gasteiger partial charge in [0.15, 0.2) is 0 Å². The summed E-state index contributed by atoms with van der Waals surface area (Å²) in [6, 6.07) is 44.2. The van der Waals surface area contributed by atoms with Crippen molar-refractivity contribution in [2.45, 2.75) is 167 Å². The second-order valence-electron chi connectivity index (χ2n) is 25.6. The number of rotatable bonds is 3. The molecule has 2 unspecified atom stereocenters. The van der Waals surface area contributed by atoms with Crippen LogP contribution in [0.2, 0.25) is 0 Å². The van der Waals surface area contributed by atoms with Crippen molar-refractivity contribution in [3.63, 3.8) is 0 Å². The van der Waals surface area contributed by atoms with E-state index >= 15 is 0 Å². The first kappa shape index (κ1) is 44.2. The molecule has 0 amide bonds. The zero-order chi connectivity index (χ0) is 47.6. The van der Waals surface area contributed by atoms with Crippen LogP contribution < -0.4 is 26.2 Å². The van der Waals surface area contributed by atoms with E-state index in [1.165, 1.54) is 137 Å². The molecule has 12 rings (SSSR count). The van der Waals surface area contributed by atoms with Crippen molar-refractivity contribution in [1.82, 2.24) is 0 Å². The minimum Gasteiger partial charge on any atom is -0.311 e. The molecule has 5 aliphatic rings. The molecule has 346 valence electrons. The number of nitrogens with zero attached hydrogens (tertiary/aromatic N) is 2. The Morgan fingerprint density at radius 1 is 0.515 bits per heavy atom. The van der Waals surface area contributed by atoms with Crippen molar-refractivity contribution in [2.24, 2.45) is 0 Å². The third-order valence-electron chi connectivity index (χ3n) is 18.2. The van der Waals surface area contributed by atoms with E-state index in [1.807, 2.05) is 11.3 Å². The molecule has 0 spiro atoms. The molecule has 1 aromatic heterocycles. The Hall–Kier alpha value is -5.06. The lowest BCUT2D eigenvalue weighted by molar-refractivity contribution is 0.332. The van der Waals surface area contributed by atoms with E-state index < -0.39 is 0 Å². The van der Waals surface area contributed by atoms with Gasteiger partial charge in [-0.15, -0.1) is 11.3 Å². The van der Waals surface area contributed by atoms with Crippen LogP contribution >= 0.6 is 11.3 Å². The van der Waals surface area contributed by atoms with Gasteiger partial charge in [-0.2, -0.15) is 0 Å². The minimum atomic E-state index is 0.0501. The standard InChI is InChI=1S/C64H71BN2S/c1-38-19-20-39(2)46-35-56-47(34-45(38)46)57-59(68-56)67(44-25-26-48-49(33-44)62(8,9)28-27-61(48,6)7)55-32-41(40-17-15-14-16-18-40)31-54-58(55)65(57)52-36-50-51(64(12,13)30-29-63(50,10)11)37-53(52)66(54)43-23-21-42(22-24-43)60(3,4)5/h14-18,21-26,31-39H,19-20,27-30H2,1-13H3. The summed E-state index contributed by atoms with van der Waals surface area (Å²) in [5, 5.41) is 2.84. The summed E-state index contributed by atoms with van der Waals surface area (Å²) >= 11 is 2.05. The van der Waals surface area contributed by atoms with Crippen LogP contribution in [0.15, 0.2) is 109 Å². The van der Waals surface area contributed by atoms with Crippen LogP contribution in [0.4, 0.5) is 33.4 Å². The third kappa shape index (κ3) is 6.54. The second-order valence-corrected chi connectivity index (χ2v) is 26.6. The molecule has 2 nitrogen and oxygen atoms in total. The van der Waals surface area contributed by atoms with Gasteiger partial charge in [-0.05, 0) is 198 Å². The first-order valence-corrected chi connectivity index (χ1v) is 26.8. The van der Waals surface area contributed by atoms with E-state index in [1.54, 1.807) is 11.1 Å². The first-order valence-electron chi connectivity index (χ1n) is 26.0. The average molecular weight is 911 g/mol. The predicted octanol–water partition coefficient (Wildman–Crippen LogP) is 16.6. The number of anilines is 6. The van der Waals surface area contributed by atoms with E-state index in [-0.39, 0.29) is 33.8 Å². The zero-order valence-electron chi connectivity index (χ0n) is 43.2. The maximum atomic E-state index is 2.74. The van der Waals surface area contributed by atoms with E-state index in [0.717, 1.165) is 0 Å². The van der Waals surface area contributed by atoms with E-state index in [4.69, 9.17) is 0 Å². The van der Waals surface area contributed by atoms with Gasteiger partial charge in [0.05, 0.1) is 5.00 Å². The fourth-order valence-corrected chi connectivity index (χ4v) is 14.8. The van der Waals surface area contributed by atoms with Crippen molar-refractivity contribution in [3.05, 3.63) is 148 Å². The molecular weight excluding hydrogens is 840 g/mol. The molecular formula is C64H71BN2S. The van der Waals surface area contributed by atoms with Crippen molar-refractivity contribution in [3.8, 4) is 11.1 Å². The highest BCUT2D eigenvalue weighted by molar-refractivity contribution is 7.26. The summed E-state index contributed by atoms with van der Waals surface area (Å²) in [6.07, 6.45) is 7.26. The molecule has 7 aromatic rings. The van der Waals surface area contributed by atoms with Gasteiger partial charge >= 0.3 is 0 Å². The second kappa shape index (κ2) is 14.7. The Bertz CT molecular complexity index is 3210. The largest absolute Gasteiger partial charge is 0.311 e. The van der Waals surface area contributed by atoms with Gasteiger partial charge in [0.25, 0.3) is 6.71 Å². The van der Waals surface area contributed by atoms with Gasteiger partial charge in [-0.25, -0.2) is 0 Å². The minimum absolute atomic E-state index is 0.0501. The molecule has 3 aliphatic carbocycles. The van der Waals surface area contributed by atoms with Crippen LogP contribution in [0.1, 0.15) is 179 Å². The van der Waals surface area contributed by atoms with Gasteiger partial charge in [-0.3, -0.25) is 0 Å². The third-order valence-corrected chi connectivity index (χ3v) is 19.3. The van der Waals surface area contributed by atoms with E-state index in [9.17, 15) is 0 Å². The normalized spacial score (nSPS) is 21.3. The Kier molecular flexibility index (Phi) is 9.57. The molecule has 0 N–H and O–H groups in total. The maximum Gasteiger partial charge on any atom is 0.254 e. The molecule has 3 heterocycles. The molecule has 2 atom stereocenters. The van der Waals surface area contributed by atoms with Crippen LogP contribution in [0.5, 0.6) is 0 Å². The molecule has 68 heavy (non-hydrogen) atoms. The average Bonchev–Trinajstić information content (AvgIpc) is 3.67. The zero-order valence-corrected chi connectivity index (χ0v) is 44.0. The van der Waals surface area contributed by atoms with Crippen LogP contribution in [0, 0.1) is 0 Å². The molecule has 0 saturated heterocycles. The molecule has 0 radical (unpaired) electrons. The lowest BCUT2D eigenvalue weighted by atomic mass is 9.33. The number of fused-ring (bicyclic) bond motifs is 9. The van der Waals surface area contributed by atoms with Gasteiger partial charge in [-0.1, -0.05) is 151 Å². The smallest absolute Gasteiger partial charge is 0.254 e. The Morgan fingerprint density at radius 2 is 1.06 bits per heavy atom. The Balaban J connectivity index is 1.24. The number of thiophene rings is 1. The number of benzene rings is 6. The van der Waals surface area contributed by atoms with Crippen molar-refractivity contribution < 1.29 is 0 Å². The topological polar surface area (TPSA) is 6.48 Å². The summed E-state index contributed by atoms with van der Waals surface area (Å²) in [5.74, 6) is 1.11. The fourth-order valence-electron chi connectivity index (χ4n) is 13.5. The highest BCUT2D eigenvalue weighted by Gasteiger charge is 2.49. The molecule has 6 aromatic carbocycles. The van der Waals surface area contributed by atoms with Gasteiger partial charge in [0, 0.05) is 33.1 Å². The van der Waals surface area contributed by atoms with Gasteiger partial charge in [0.1, 0.15) is 0 Å². The number of hydrogen-bond donors (Lipinski definition) is 0. The summed E-state index contributed by atoms with van der Waals surface area (Å²) in [6.45, 7) is 31.9. The highest BCUT2D eigenvalue weighted by Crippen LogP contribution is 2.55. The first-order chi connectivity index (χ1) is 32.1. The molecule has 2 aliphatic heterocycles. The Labute approximate surface area is 412 Å².